The molecule has 1 aromatic carbocycles. The lowest BCUT2D eigenvalue weighted by molar-refractivity contribution is -0.112. The molecule has 6 unspecified atom stereocenters. The molecular formula is C31H46ClN3O8. The van der Waals surface area contributed by atoms with Crippen molar-refractivity contribution in [2.45, 2.75) is 65.0 Å². The minimum atomic E-state index is -0.990. The number of rotatable bonds is 6. The normalized spacial score (nSPS) is 25.4. The maximum absolute atomic E-state index is 13.0. The molecule has 1 heterocycles. The number of aliphatic hydroxyl groups excluding tert-OH is 1. The first kappa shape index (κ1) is 37.5. The van der Waals surface area contributed by atoms with E-state index in [4.69, 9.17) is 19.9 Å². The predicted octanol–water partition coefficient (Wildman–Crippen LogP) is 4.58. The van der Waals surface area contributed by atoms with Crippen LogP contribution in [0.1, 0.15) is 39.7 Å². The van der Waals surface area contributed by atoms with Crippen LogP contribution in [-0.2, 0) is 25.4 Å². The SMILES string of the molecule is C=CCNc1c(O)cc2c(O)c1CC(C)CC(OC)C(O)C(C)C=C(C)C(OC(N)=O)C(OC)C=CC=C(C)C(=O)N2.Cl. The molecule has 6 atom stereocenters. The van der Waals surface area contributed by atoms with Crippen LogP contribution in [0.2, 0.25) is 0 Å². The van der Waals surface area contributed by atoms with Gasteiger partial charge in [-0.05, 0) is 38.2 Å². The van der Waals surface area contributed by atoms with E-state index in [2.05, 4.69) is 17.2 Å². The van der Waals surface area contributed by atoms with E-state index >= 15 is 0 Å². The Kier molecular flexibility index (Phi) is 15.3. The molecule has 1 aromatic rings. The maximum Gasteiger partial charge on any atom is 0.405 e. The van der Waals surface area contributed by atoms with E-state index < -0.39 is 42.3 Å². The first-order valence-corrected chi connectivity index (χ1v) is 13.8. The van der Waals surface area contributed by atoms with Crippen LogP contribution in [-0.4, -0.2) is 72.5 Å². The number of fused-ring (bicyclic) bond motifs is 2. The number of amides is 2. The summed E-state index contributed by atoms with van der Waals surface area (Å²) in [5.74, 6) is -1.41. The van der Waals surface area contributed by atoms with Gasteiger partial charge in [0.1, 0.15) is 17.6 Å². The van der Waals surface area contributed by atoms with Gasteiger partial charge in [-0.2, -0.15) is 0 Å². The third-order valence-corrected chi connectivity index (χ3v) is 7.25. The molecule has 2 bridgehead atoms. The Morgan fingerprint density at radius 2 is 1.91 bits per heavy atom. The van der Waals surface area contributed by atoms with Gasteiger partial charge in [-0.1, -0.05) is 44.2 Å². The van der Waals surface area contributed by atoms with Gasteiger partial charge in [0.25, 0.3) is 5.91 Å². The number of primary amides is 1. The summed E-state index contributed by atoms with van der Waals surface area (Å²) in [6.45, 7) is 11.1. The van der Waals surface area contributed by atoms with Gasteiger partial charge >= 0.3 is 6.09 Å². The third-order valence-electron chi connectivity index (χ3n) is 7.25. The molecule has 2 rings (SSSR count). The lowest BCUT2D eigenvalue weighted by Crippen LogP contribution is -2.37. The second kappa shape index (κ2) is 17.6. The lowest BCUT2D eigenvalue weighted by Gasteiger charge is -2.29. The van der Waals surface area contributed by atoms with E-state index in [0.717, 1.165) is 0 Å². The monoisotopic (exact) mass is 623 g/mol. The van der Waals surface area contributed by atoms with Gasteiger partial charge in [0, 0.05) is 43.9 Å². The maximum atomic E-state index is 13.0. The number of halogens is 1. The van der Waals surface area contributed by atoms with Crippen LogP contribution >= 0.6 is 12.4 Å². The Labute approximate surface area is 259 Å². The minimum Gasteiger partial charge on any atom is -0.506 e. The number of phenols is 2. The van der Waals surface area contributed by atoms with Crippen LogP contribution in [0, 0.1) is 11.8 Å². The molecule has 12 heteroatoms. The second-order valence-corrected chi connectivity index (χ2v) is 10.6. The molecular weight excluding hydrogens is 578 g/mol. The van der Waals surface area contributed by atoms with E-state index in [0.29, 0.717) is 41.8 Å². The highest BCUT2D eigenvalue weighted by Gasteiger charge is 2.30. The van der Waals surface area contributed by atoms with Crippen molar-refractivity contribution in [3.63, 3.8) is 0 Å². The Morgan fingerprint density at radius 1 is 1.23 bits per heavy atom. The highest BCUT2D eigenvalue weighted by atomic mass is 35.5. The Balaban J connectivity index is 0.00000924. The fourth-order valence-corrected chi connectivity index (χ4v) is 4.98. The number of phenolic OH excluding ortho intramolecular Hbond substituents is 2. The number of carbonyl (C=O) groups excluding carboxylic acids is 2. The number of aliphatic hydroxyl groups is 1. The van der Waals surface area contributed by atoms with Crippen molar-refractivity contribution in [3.05, 3.63) is 59.7 Å². The quantitative estimate of drug-likeness (QED) is 0.151. The molecule has 0 aromatic heterocycles. The third kappa shape index (κ3) is 10.3. The largest absolute Gasteiger partial charge is 0.506 e. The molecule has 0 spiro atoms. The van der Waals surface area contributed by atoms with Gasteiger partial charge in [0.2, 0.25) is 0 Å². The fraction of sp³-hybridized carbons (Fsp3) is 0.484. The number of hydrogen-bond acceptors (Lipinski definition) is 9. The Morgan fingerprint density at radius 3 is 2.49 bits per heavy atom. The van der Waals surface area contributed by atoms with Gasteiger partial charge < -0.3 is 45.9 Å². The summed E-state index contributed by atoms with van der Waals surface area (Å²) >= 11 is 0. The van der Waals surface area contributed by atoms with Crippen LogP contribution in [0.3, 0.4) is 0 Å². The van der Waals surface area contributed by atoms with E-state index in [-0.39, 0.29) is 35.5 Å². The Bertz CT molecular complexity index is 1220. The van der Waals surface area contributed by atoms with E-state index in [1.807, 2.05) is 13.8 Å². The first-order valence-electron chi connectivity index (χ1n) is 13.8. The van der Waals surface area contributed by atoms with E-state index in [1.165, 1.54) is 26.4 Å². The highest BCUT2D eigenvalue weighted by Crippen LogP contribution is 2.42. The van der Waals surface area contributed by atoms with Crippen molar-refractivity contribution in [1.29, 1.82) is 0 Å². The summed E-state index contributed by atoms with van der Waals surface area (Å²) in [5.41, 5.74) is 7.01. The van der Waals surface area contributed by atoms with Crippen LogP contribution in [0.4, 0.5) is 16.2 Å². The number of benzene rings is 1. The van der Waals surface area contributed by atoms with Gasteiger partial charge in [0.15, 0.2) is 6.10 Å². The highest BCUT2D eigenvalue weighted by molar-refractivity contribution is 6.04. The average Bonchev–Trinajstić information content (AvgIpc) is 2.94. The van der Waals surface area contributed by atoms with Crippen molar-refractivity contribution in [1.82, 2.24) is 0 Å². The zero-order valence-corrected chi connectivity index (χ0v) is 26.4. The van der Waals surface area contributed by atoms with E-state index in [1.54, 1.807) is 38.2 Å². The van der Waals surface area contributed by atoms with Crippen molar-refractivity contribution in [2.24, 2.45) is 17.6 Å². The van der Waals surface area contributed by atoms with Gasteiger partial charge in [-0.15, -0.1) is 19.0 Å². The minimum absolute atomic E-state index is 0. The lowest BCUT2D eigenvalue weighted by atomic mass is 9.87. The predicted molar refractivity (Wildman–Crippen MR) is 170 cm³/mol. The molecule has 11 nitrogen and oxygen atoms in total. The molecule has 1 aliphatic heterocycles. The summed E-state index contributed by atoms with van der Waals surface area (Å²) < 4.78 is 16.6. The van der Waals surface area contributed by atoms with Crippen molar-refractivity contribution >= 4 is 35.8 Å². The summed E-state index contributed by atoms with van der Waals surface area (Å²) in [6.07, 6.45) is 4.64. The van der Waals surface area contributed by atoms with Crippen molar-refractivity contribution in [3.8, 4) is 11.5 Å². The molecule has 0 fully saturated rings. The molecule has 240 valence electrons. The smallest absolute Gasteiger partial charge is 0.405 e. The number of allylic oxidation sites excluding steroid dienone is 2. The van der Waals surface area contributed by atoms with Crippen molar-refractivity contribution < 1.29 is 39.1 Å². The average molecular weight is 624 g/mol. The summed E-state index contributed by atoms with van der Waals surface area (Å²) in [4.78, 5) is 24.7. The van der Waals surface area contributed by atoms with Gasteiger partial charge in [-0.25, -0.2) is 4.79 Å². The molecule has 43 heavy (non-hydrogen) atoms. The number of methoxy groups -OCH3 is 2. The van der Waals surface area contributed by atoms with E-state index in [9.17, 15) is 24.9 Å². The summed E-state index contributed by atoms with van der Waals surface area (Å²) in [5, 5.41) is 39.1. The van der Waals surface area contributed by atoms with Gasteiger partial charge in [0.05, 0.1) is 23.6 Å². The zero-order chi connectivity index (χ0) is 31.6. The molecule has 7 N–H and O–H groups in total. The summed E-state index contributed by atoms with van der Waals surface area (Å²) in [6, 6.07) is 1.28. The number of anilines is 2. The topological polar surface area (TPSA) is 173 Å². The number of carbonyl (C=O) groups is 2. The standard InChI is InChI=1S/C31H45N3O8.ClH/c1-8-12-33-26-21-13-17(2)14-25(41-7)27(36)19(4)15-20(5)29(42-31(32)39)24(40-6)11-9-10-18(3)30(38)34-22(28(21)37)16-23(26)35;/h8-11,15-17,19,24-25,27,29,33,35-37H,1,12-14H2,2-7H3,(H2,32,39)(H,34,38);1H. The molecule has 2 amide bonds. The summed E-state index contributed by atoms with van der Waals surface area (Å²) in [7, 11) is 2.95. The number of ether oxygens (including phenoxy) is 3. The Hall–Kier alpha value is -3.51. The molecule has 0 saturated heterocycles. The molecule has 0 saturated carbocycles. The fourth-order valence-electron chi connectivity index (χ4n) is 4.98. The molecule has 0 aliphatic carbocycles. The second-order valence-electron chi connectivity index (χ2n) is 10.6. The number of nitrogens with two attached hydrogens (primary N) is 1. The number of hydrogen-bond donors (Lipinski definition) is 6. The number of aromatic hydroxyl groups is 2. The zero-order valence-electron chi connectivity index (χ0n) is 25.6. The van der Waals surface area contributed by atoms with Gasteiger partial charge in [-0.3, -0.25) is 4.79 Å². The molecule has 0 radical (unpaired) electrons. The van der Waals surface area contributed by atoms with Crippen LogP contribution in [0.15, 0.2) is 54.2 Å². The van der Waals surface area contributed by atoms with Crippen LogP contribution < -0.4 is 16.4 Å². The first-order chi connectivity index (χ1) is 19.8. The van der Waals surface area contributed by atoms with Crippen LogP contribution in [0.25, 0.3) is 0 Å². The van der Waals surface area contributed by atoms with Crippen molar-refractivity contribution in [2.75, 3.05) is 31.4 Å². The van der Waals surface area contributed by atoms with Crippen LogP contribution in [0.5, 0.6) is 11.5 Å². The number of nitrogens with one attached hydrogen (secondary N) is 2. The molecule has 1 aliphatic rings.